The fourth-order valence-electron chi connectivity index (χ4n) is 1.91. The maximum Gasteiger partial charge on any atom is 0.255 e. The predicted octanol–water partition coefficient (Wildman–Crippen LogP) is 2.51. The van der Waals surface area contributed by atoms with E-state index in [1.807, 2.05) is 24.1 Å². The molecule has 0 unspecified atom stereocenters. The number of aliphatic hydroxyl groups excluding tert-OH is 1. The summed E-state index contributed by atoms with van der Waals surface area (Å²) in [5.41, 5.74) is 1.84. The van der Waals surface area contributed by atoms with Gasteiger partial charge in [0.2, 0.25) is 0 Å². The number of aliphatic hydroxyl groups is 1. The van der Waals surface area contributed by atoms with E-state index in [1.165, 1.54) is 18.2 Å². The highest BCUT2D eigenvalue weighted by atomic mass is 19.1. The number of nitrogens with one attached hydrogen (secondary N) is 1. The standard InChI is InChI=1S/C16H17FN2O2/c1-19(9-10-20)15-7-5-14(6-8-15)18-16(21)12-3-2-4-13(17)11-12/h2-8,11,20H,9-10H2,1H3,(H,18,21). The molecule has 0 saturated heterocycles. The van der Waals surface area contributed by atoms with E-state index in [0.29, 0.717) is 12.2 Å². The summed E-state index contributed by atoms with van der Waals surface area (Å²) in [6.07, 6.45) is 0. The Balaban J connectivity index is 2.05. The first-order chi connectivity index (χ1) is 10.1. The highest BCUT2D eigenvalue weighted by molar-refractivity contribution is 6.04. The molecule has 2 aromatic carbocycles. The minimum atomic E-state index is -0.441. The molecule has 0 aliphatic rings. The molecule has 2 rings (SSSR count). The average molecular weight is 288 g/mol. The summed E-state index contributed by atoms with van der Waals surface area (Å²) in [5, 5.41) is 11.6. The van der Waals surface area contributed by atoms with Crippen LogP contribution in [0.5, 0.6) is 0 Å². The fourth-order valence-corrected chi connectivity index (χ4v) is 1.91. The summed E-state index contributed by atoms with van der Waals surface area (Å²) in [6.45, 7) is 0.615. The van der Waals surface area contributed by atoms with Crippen LogP contribution in [0.1, 0.15) is 10.4 Å². The van der Waals surface area contributed by atoms with E-state index in [2.05, 4.69) is 5.32 Å². The number of carbonyl (C=O) groups excluding carboxylic acids is 1. The molecular formula is C16H17FN2O2. The Morgan fingerprint density at radius 1 is 1.24 bits per heavy atom. The summed E-state index contributed by atoms with van der Waals surface area (Å²) < 4.78 is 13.1. The third-order valence-corrected chi connectivity index (χ3v) is 3.09. The Labute approximate surface area is 122 Å². The van der Waals surface area contributed by atoms with Crippen LogP contribution in [0.25, 0.3) is 0 Å². The van der Waals surface area contributed by atoms with Gasteiger partial charge in [0.15, 0.2) is 0 Å². The Morgan fingerprint density at radius 3 is 2.57 bits per heavy atom. The third-order valence-electron chi connectivity index (χ3n) is 3.09. The van der Waals surface area contributed by atoms with Crippen molar-refractivity contribution in [2.45, 2.75) is 0 Å². The lowest BCUT2D eigenvalue weighted by atomic mass is 10.2. The summed E-state index contributed by atoms with van der Waals surface area (Å²) >= 11 is 0. The van der Waals surface area contributed by atoms with Gasteiger partial charge in [-0.15, -0.1) is 0 Å². The van der Waals surface area contributed by atoms with Gasteiger partial charge in [0.05, 0.1) is 6.61 Å². The summed E-state index contributed by atoms with van der Waals surface area (Å²) in [6, 6.07) is 12.8. The number of amides is 1. The van der Waals surface area contributed by atoms with E-state index in [4.69, 9.17) is 5.11 Å². The van der Waals surface area contributed by atoms with Gasteiger partial charge in [-0.3, -0.25) is 4.79 Å². The second-order valence-electron chi connectivity index (χ2n) is 4.66. The average Bonchev–Trinajstić information content (AvgIpc) is 2.48. The number of halogens is 1. The quantitative estimate of drug-likeness (QED) is 0.889. The van der Waals surface area contributed by atoms with Gasteiger partial charge in [0.25, 0.3) is 5.91 Å². The zero-order chi connectivity index (χ0) is 15.2. The summed E-state index contributed by atoms with van der Waals surface area (Å²) in [4.78, 5) is 13.9. The van der Waals surface area contributed by atoms with Crippen molar-refractivity contribution in [3.63, 3.8) is 0 Å². The van der Waals surface area contributed by atoms with E-state index in [0.717, 1.165) is 5.69 Å². The van der Waals surface area contributed by atoms with Gasteiger partial charge in [0, 0.05) is 30.5 Å². The Bertz CT molecular complexity index is 614. The lowest BCUT2D eigenvalue weighted by Crippen LogP contribution is -2.21. The SMILES string of the molecule is CN(CCO)c1ccc(NC(=O)c2cccc(F)c2)cc1. The molecule has 0 bridgehead atoms. The molecule has 21 heavy (non-hydrogen) atoms. The van der Waals surface area contributed by atoms with E-state index in [-0.39, 0.29) is 18.1 Å². The molecule has 0 fully saturated rings. The monoisotopic (exact) mass is 288 g/mol. The zero-order valence-electron chi connectivity index (χ0n) is 11.7. The molecule has 110 valence electrons. The number of anilines is 2. The fraction of sp³-hybridized carbons (Fsp3) is 0.188. The molecule has 0 aliphatic carbocycles. The van der Waals surface area contributed by atoms with E-state index in [9.17, 15) is 9.18 Å². The molecule has 0 aromatic heterocycles. The largest absolute Gasteiger partial charge is 0.395 e. The van der Waals surface area contributed by atoms with Crippen LogP contribution < -0.4 is 10.2 Å². The van der Waals surface area contributed by atoms with Gasteiger partial charge in [-0.25, -0.2) is 4.39 Å². The van der Waals surface area contributed by atoms with Crippen LogP contribution in [0.4, 0.5) is 15.8 Å². The van der Waals surface area contributed by atoms with Crippen LogP contribution in [0.15, 0.2) is 48.5 Å². The first-order valence-corrected chi connectivity index (χ1v) is 6.59. The van der Waals surface area contributed by atoms with Crippen LogP contribution >= 0.6 is 0 Å². The van der Waals surface area contributed by atoms with Gasteiger partial charge in [-0.05, 0) is 42.5 Å². The van der Waals surface area contributed by atoms with Crippen LogP contribution in [-0.4, -0.2) is 31.2 Å². The first kappa shape index (κ1) is 15.0. The van der Waals surface area contributed by atoms with Gasteiger partial charge in [-0.1, -0.05) is 6.07 Å². The molecule has 2 aromatic rings. The molecule has 0 heterocycles. The summed E-state index contributed by atoms with van der Waals surface area (Å²) in [5.74, 6) is -0.797. The zero-order valence-corrected chi connectivity index (χ0v) is 11.7. The van der Waals surface area contributed by atoms with Gasteiger partial charge in [-0.2, -0.15) is 0 Å². The van der Waals surface area contributed by atoms with Crippen LogP contribution in [0, 0.1) is 5.82 Å². The van der Waals surface area contributed by atoms with Crippen molar-refractivity contribution in [1.29, 1.82) is 0 Å². The van der Waals surface area contributed by atoms with Gasteiger partial charge < -0.3 is 15.3 Å². The number of carbonyl (C=O) groups is 1. The van der Waals surface area contributed by atoms with Gasteiger partial charge >= 0.3 is 0 Å². The number of nitrogens with zero attached hydrogens (tertiary/aromatic N) is 1. The summed E-state index contributed by atoms with van der Waals surface area (Å²) in [7, 11) is 1.87. The van der Waals surface area contributed by atoms with Crippen molar-refractivity contribution >= 4 is 17.3 Å². The van der Waals surface area contributed by atoms with Crippen molar-refractivity contribution in [3.05, 3.63) is 59.9 Å². The smallest absolute Gasteiger partial charge is 0.255 e. The van der Waals surface area contributed by atoms with Crippen LogP contribution in [-0.2, 0) is 0 Å². The second-order valence-corrected chi connectivity index (χ2v) is 4.66. The Morgan fingerprint density at radius 2 is 1.95 bits per heavy atom. The molecule has 0 radical (unpaired) electrons. The molecule has 0 saturated carbocycles. The highest BCUT2D eigenvalue weighted by Crippen LogP contribution is 2.17. The maximum atomic E-state index is 13.1. The number of benzene rings is 2. The Kier molecular flexibility index (Phi) is 4.90. The topological polar surface area (TPSA) is 52.6 Å². The maximum absolute atomic E-state index is 13.1. The molecule has 1 amide bonds. The molecule has 0 spiro atoms. The lowest BCUT2D eigenvalue weighted by molar-refractivity contribution is 0.102. The van der Waals surface area contributed by atoms with Crippen molar-refractivity contribution in [3.8, 4) is 0 Å². The van der Waals surface area contributed by atoms with E-state index in [1.54, 1.807) is 18.2 Å². The van der Waals surface area contributed by atoms with E-state index < -0.39 is 5.82 Å². The molecule has 0 atom stereocenters. The second kappa shape index (κ2) is 6.85. The number of likely N-dealkylation sites (N-methyl/N-ethyl adjacent to an activating group) is 1. The third kappa shape index (κ3) is 4.03. The molecule has 0 aliphatic heterocycles. The van der Waals surface area contributed by atoms with Crippen LogP contribution in [0.2, 0.25) is 0 Å². The number of hydrogen-bond donors (Lipinski definition) is 2. The predicted molar refractivity (Wildman–Crippen MR) is 81.2 cm³/mol. The normalized spacial score (nSPS) is 10.2. The number of hydrogen-bond acceptors (Lipinski definition) is 3. The molecular weight excluding hydrogens is 271 g/mol. The lowest BCUT2D eigenvalue weighted by Gasteiger charge is -2.18. The molecule has 5 heteroatoms. The van der Waals surface area contributed by atoms with Crippen LogP contribution in [0.3, 0.4) is 0 Å². The Hall–Kier alpha value is -2.40. The molecule has 4 nitrogen and oxygen atoms in total. The van der Waals surface area contributed by atoms with Crippen molar-refractivity contribution in [2.75, 3.05) is 30.4 Å². The first-order valence-electron chi connectivity index (χ1n) is 6.59. The van der Waals surface area contributed by atoms with E-state index >= 15 is 0 Å². The highest BCUT2D eigenvalue weighted by Gasteiger charge is 2.07. The van der Waals surface area contributed by atoms with Crippen molar-refractivity contribution in [1.82, 2.24) is 0 Å². The number of rotatable bonds is 5. The molecule has 2 N–H and O–H groups in total. The van der Waals surface area contributed by atoms with Crippen molar-refractivity contribution < 1.29 is 14.3 Å². The minimum absolute atomic E-state index is 0.0779. The van der Waals surface area contributed by atoms with Gasteiger partial charge in [0.1, 0.15) is 5.82 Å². The van der Waals surface area contributed by atoms with Crippen molar-refractivity contribution in [2.24, 2.45) is 0 Å². The minimum Gasteiger partial charge on any atom is -0.395 e.